The van der Waals surface area contributed by atoms with Crippen molar-refractivity contribution < 1.29 is 4.74 Å². The van der Waals surface area contributed by atoms with Crippen molar-refractivity contribution in [3.8, 4) is 0 Å². The van der Waals surface area contributed by atoms with Crippen LogP contribution in [0.5, 0.6) is 0 Å². The number of aromatic nitrogens is 4. The minimum Gasteiger partial charge on any atom is -0.381 e. The molecule has 7 heteroatoms. The molecule has 1 fully saturated rings. The van der Waals surface area contributed by atoms with Gasteiger partial charge in [0.25, 0.3) is 5.56 Å². The SMILES string of the molecule is CC1CNc2nn3c(C4CCOCC4)ncc3c(=O)n2C1. The van der Waals surface area contributed by atoms with Gasteiger partial charge in [0, 0.05) is 32.2 Å². The maximum absolute atomic E-state index is 12.6. The van der Waals surface area contributed by atoms with Crippen LogP contribution in [0.3, 0.4) is 0 Å². The van der Waals surface area contributed by atoms with Crippen LogP contribution < -0.4 is 10.9 Å². The Hall–Kier alpha value is -1.89. The zero-order chi connectivity index (χ0) is 14.4. The number of hydrogen-bond donors (Lipinski definition) is 1. The molecule has 0 aliphatic carbocycles. The fourth-order valence-electron chi connectivity index (χ4n) is 3.17. The number of anilines is 1. The number of ether oxygens (including phenoxy) is 1. The number of fused-ring (bicyclic) bond motifs is 2. The van der Waals surface area contributed by atoms with Crippen molar-refractivity contribution in [3.63, 3.8) is 0 Å². The van der Waals surface area contributed by atoms with Gasteiger partial charge in [-0.3, -0.25) is 9.36 Å². The summed E-state index contributed by atoms with van der Waals surface area (Å²) in [5.41, 5.74) is 0.556. The van der Waals surface area contributed by atoms with Gasteiger partial charge in [-0.25, -0.2) is 9.50 Å². The molecule has 2 aliphatic rings. The molecule has 1 saturated heterocycles. The normalized spacial score (nSPS) is 23.0. The Morgan fingerprint density at radius 1 is 1.38 bits per heavy atom. The Morgan fingerprint density at radius 3 is 3.00 bits per heavy atom. The molecule has 2 aromatic heterocycles. The largest absolute Gasteiger partial charge is 0.381 e. The molecule has 1 unspecified atom stereocenters. The summed E-state index contributed by atoms with van der Waals surface area (Å²) in [6.07, 6.45) is 3.53. The lowest BCUT2D eigenvalue weighted by Crippen LogP contribution is -2.36. The highest BCUT2D eigenvalue weighted by Gasteiger charge is 2.24. The van der Waals surface area contributed by atoms with Gasteiger partial charge in [0.1, 0.15) is 5.82 Å². The molecule has 7 nitrogen and oxygen atoms in total. The van der Waals surface area contributed by atoms with Crippen molar-refractivity contribution in [2.24, 2.45) is 5.92 Å². The fraction of sp³-hybridized carbons (Fsp3) is 0.643. The van der Waals surface area contributed by atoms with Gasteiger partial charge in [0.05, 0.1) is 6.20 Å². The second kappa shape index (κ2) is 4.84. The third-order valence-corrected chi connectivity index (χ3v) is 4.37. The molecule has 1 atom stereocenters. The van der Waals surface area contributed by atoms with Crippen molar-refractivity contribution >= 4 is 11.5 Å². The first-order valence-electron chi connectivity index (χ1n) is 7.54. The zero-order valence-electron chi connectivity index (χ0n) is 12.1. The summed E-state index contributed by atoms with van der Waals surface area (Å²) in [6, 6.07) is 0. The van der Waals surface area contributed by atoms with E-state index >= 15 is 0 Å². The molecule has 21 heavy (non-hydrogen) atoms. The first kappa shape index (κ1) is 12.8. The van der Waals surface area contributed by atoms with Gasteiger partial charge in [-0.15, -0.1) is 5.10 Å². The van der Waals surface area contributed by atoms with Gasteiger partial charge in [-0.2, -0.15) is 0 Å². The van der Waals surface area contributed by atoms with Gasteiger partial charge < -0.3 is 10.1 Å². The Kier molecular flexibility index (Phi) is 2.95. The number of hydrogen-bond acceptors (Lipinski definition) is 5. The third kappa shape index (κ3) is 2.03. The zero-order valence-corrected chi connectivity index (χ0v) is 12.1. The van der Waals surface area contributed by atoms with E-state index in [0.29, 0.717) is 29.8 Å². The Balaban J connectivity index is 1.85. The minimum absolute atomic E-state index is 0.00939. The van der Waals surface area contributed by atoms with Crippen LogP contribution in [-0.2, 0) is 11.3 Å². The second-order valence-corrected chi connectivity index (χ2v) is 6.03. The molecule has 0 bridgehead atoms. The lowest BCUT2D eigenvalue weighted by atomic mass is 10.00. The molecular formula is C14H19N5O2. The Labute approximate surface area is 121 Å². The molecule has 4 rings (SSSR count). The summed E-state index contributed by atoms with van der Waals surface area (Å²) in [7, 11) is 0. The molecular weight excluding hydrogens is 270 g/mol. The van der Waals surface area contributed by atoms with E-state index in [4.69, 9.17) is 4.74 Å². The van der Waals surface area contributed by atoms with Crippen LogP contribution >= 0.6 is 0 Å². The lowest BCUT2D eigenvalue weighted by molar-refractivity contribution is 0.0832. The predicted octanol–water partition coefficient (Wildman–Crippen LogP) is 0.847. The highest BCUT2D eigenvalue weighted by molar-refractivity contribution is 5.46. The van der Waals surface area contributed by atoms with Crippen LogP contribution in [0.4, 0.5) is 5.95 Å². The molecule has 0 radical (unpaired) electrons. The number of nitrogens with one attached hydrogen (secondary N) is 1. The summed E-state index contributed by atoms with van der Waals surface area (Å²) >= 11 is 0. The molecule has 0 aromatic carbocycles. The van der Waals surface area contributed by atoms with E-state index in [9.17, 15) is 4.79 Å². The molecule has 0 saturated carbocycles. The molecule has 2 aromatic rings. The van der Waals surface area contributed by atoms with E-state index in [-0.39, 0.29) is 5.56 Å². The standard InChI is InChI=1S/C14H19N5O2/c1-9-6-16-14-17-19-11(13(20)18(14)8-9)7-15-12(19)10-2-4-21-5-3-10/h7,9-10H,2-6,8H2,1H3,(H,16,17). The average molecular weight is 289 g/mol. The lowest BCUT2D eigenvalue weighted by Gasteiger charge is -2.25. The van der Waals surface area contributed by atoms with Crippen LogP contribution in [0, 0.1) is 5.92 Å². The van der Waals surface area contributed by atoms with Crippen molar-refractivity contribution in [1.82, 2.24) is 19.2 Å². The molecule has 1 N–H and O–H groups in total. The summed E-state index contributed by atoms with van der Waals surface area (Å²) < 4.78 is 8.85. The van der Waals surface area contributed by atoms with Crippen LogP contribution in [0.15, 0.2) is 11.0 Å². The Morgan fingerprint density at radius 2 is 2.19 bits per heavy atom. The van der Waals surface area contributed by atoms with Crippen molar-refractivity contribution in [3.05, 3.63) is 22.4 Å². The first-order valence-corrected chi connectivity index (χ1v) is 7.54. The summed E-state index contributed by atoms with van der Waals surface area (Å²) in [5, 5.41) is 7.86. The first-order chi connectivity index (χ1) is 10.2. The van der Waals surface area contributed by atoms with Gasteiger partial charge in [0.15, 0.2) is 5.52 Å². The topological polar surface area (TPSA) is 73.5 Å². The van der Waals surface area contributed by atoms with Crippen LogP contribution in [0.25, 0.3) is 5.52 Å². The molecule has 2 aliphatic heterocycles. The number of imidazole rings is 1. The quantitative estimate of drug-likeness (QED) is 0.842. The highest BCUT2D eigenvalue weighted by atomic mass is 16.5. The molecule has 0 amide bonds. The van der Waals surface area contributed by atoms with Crippen molar-refractivity contribution in [2.45, 2.75) is 32.2 Å². The third-order valence-electron chi connectivity index (χ3n) is 4.37. The minimum atomic E-state index is -0.00939. The van der Waals surface area contributed by atoms with Crippen LogP contribution in [0.2, 0.25) is 0 Å². The van der Waals surface area contributed by atoms with Crippen molar-refractivity contribution in [1.29, 1.82) is 0 Å². The molecule has 4 heterocycles. The fourth-order valence-corrected chi connectivity index (χ4v) is 3.17. The van der Waals surface area contributed by atoms with E-state index in [1.54, 1.807) is 15.3 Å². The van der Waals surface area contributed by atoms with E-state index in [1.165, 1.54) is 0 Å². The monoisotopic (exact) mass is 289 g/mol. The van der Waals surface area contributed by atoms with Crippen molar-refractivity contribution in [2.75, 3.05) is 25.1 Å². The summed E-state index contributed by atoms with van der Waals surface area (Å²) in [4.78, 5) is 17.1. The molecule has 112 valence electrons. The second-order valence-electron chi connectivity index (χ2n) is 6.03. The highest BCUT2D eigenvalue weighted by Crippen LogP contribution is 2.26. The average Bonchev–Trinajstić information content (AvgIpc) is 2.93. The van der Waals surface area contributed by atoms with Crippen LogP contribution in [-0.4, -0.2) is 38.9 Å². The van der Waals surface area contributed by atoms with E-state index in [0.717, 1.165) is 38.4 Å². The van der Waals surface area contributed by atoms with E-state index in [1.807, 2.05) is 0 Å². The number of nitrogens with zero attached hydrogens (tertiary/aromatic N) is 4. The summed E-state index contributed by atoms with van der Waals surface area (Å²) in [6.45, 7) is 5.18. The number of rotatable bonds is 1. The summed E-state index contributed by atoms with van der Waals surface area (Å²) in [5.74, 6) is 2.28. The smallest absolute Gasteiger partial charge is 0.280 e. The van der Waals surface area contributed by atoms with Gasteiger partial charge in [0.2, 0.25) is 5.95 Å². The van der Waals surface area contributed by atoms with Crippen LogP contribution in [0.1, 0.15) is 31.5 Å². The van der Waals surface area contributed by atoms with Gasteiger partial charge >= 0.3 is 0 Å². The van der Waals surface area contributed by atoms with Gasteiger partial charge in [-0.1, -0.05) is 6.92 Å². The maximum Gasteiger partial charge on any atom is 0.280 e. The van der Waals surface area contributed by atoms with Gasteiger partial charge in [-0.05, 0) is 18.8 Å². The predicted molar refractivity (Wildman–Crippen MR) is 77.7 cm³/mol. The Bertz CT molecular complexity index is 729. The van der Waals surface area contributed by atoms with E-state index < -0.39 is 0 Å². The van der Waals surface area contributed by atoms with E-state index in [2.05, 4.69) is 22.3 Å². The maximum atomic E-state index is 12.6. The molecule has 0 spiro atoms.